The molecule has 0 radical (unpaired) electrons. The molecule has 9 nitrogen and oxygen atoms in total. The standard InChI is InChI=1S/C21H30N4O5/c1-15(8-9-18(28)24-14-27)25(2)21(30)20-16(6-5-7-17(20)13-26)12-19(29)23-11-4-3-10-22/h5-7,13-15H,3-4,8-12,22H2,1-2H3,(H,23,29)(H,24,27,28). The minimum Gasteiger partial charge on any atom is -0.356 e. The van der Waals surface area contributed by atoms with Gasteiger partial charge in [0, 0.05) is 31.6 Å². The number of hydrogen-bond acceptors (Lipinski definition) is 6. The summed E-state index contributed by atoms with van der Waals surface area (Å²) in [5, 5.41) is 4.84. The van der Waals surface area contributed by atoms with E-state index in [0.29, 0.717) is 37.8 Å². The molecule has 4 N–H and O–H groups in total. The molecule has 164 valence electrons. The van der Waals surface area contributed by atoms with Crippen LogP contribution in [0.25, 0.3) is 0 Å². The summed E-state index contributed by atoms with van der Waals surface area (Å²) in [5.74, 6) is -1.09. The van der Waals surface area contributed by atoms with Crippen LogP contribution in [0.1, 0.15) is 58.9 Å². The van der Waals surface area contributed by atoms with E-state index in [1.807, 2.05) is 0 Å². The number of hydrogen-bond donors (Lipinski definition) is 3. The first-order valence-corrected chi connectivity index (χ1v) is 9.89. The Hall–Kier alpha value is -3.07. The number of nitrogens with one attached hydrogen (secondary N) is 2. The van der Waals surface area contributed by atoms with Crippen molar-refractivity contribution in [2.45, 2.75) is 45.1 Å². The van der Waals surface area contributed by atoms with Crippen molar-refractivity contribution in [1.29, 1.82) is 0 Å². The Kier molecular flexibility index (Phi) is 11.0. The van der Waals surface area contributed by atoms with Gasteiger partial charge in [-0.2, -0.15) is 0 Å². The maximum Gasteiger partial charge on any atom is 0.254 e. The van der Waals surface area contributed by atoms with Crippen molar-refractivity contribution in [2.75, 3.05) is 20.1 Å². The Morgan fingerprint density at radius 1 is 1.17 bits per heavy atom. The van der Waals surface area contributed by atoms with Gasteiger partial charge in [-0.1, -0.05) is 18.2 Å². The number of amides is 4. The first-order chi connectivity index (χ1) is 14.3. The van der Waals surface area contributed by atoms with Gasteiger partial charge in [-0.15, -0.1) is 0 Å². The van der Waals surface area contributed by atoms with Crippen molar-refractivity contribution in [3.63, 3.8) is 0 Å². The topological polar surface area (TPSA) is 139 Å². The third kappa shape index (κ3) is 7.75. The molecule has 0 bridgehead atoms. The van der Waals surface area contributed by atoms with Crippen LogP contribution in [0.2, 0.25) is 0 Å². The molecule has 0 aliphatic rings. The van der Waals surface area contributed by atoms with Crippen LogP contribution < -0.4 is 16.4 Å². The molecule has 0 fully saturated rings. The molecule has 0 aliphatic carbocycles. The normalized spacial score (nSPS) is 11.3. The fourth-order valence-electron chi connectivity index (χ4n) is 2.91. The molecule has 1 rings (SSSR count). The van der Waals surface area contributed by atoms with Crippen molar-refractivity contribution in [2.24, 2.45) is 5.73 Å². The largest absolute Gasteiger partial charge is 0.356 e. The average Bonchev–Trinajstić information content (AvgIpc) is 2.74. The Balaban J connectivity index is 2.93. The average molecular weight is 418 g/mol. The second kappa shape index (κ2) is 13.2. The highest BCUT2D eigenvalue weighted by atomic mass is 16.2. The molecule has 0 spiro atoms. The van der Waals surface area contributed by atoms with Crippen molar-refractivity contribution >= 4 is 30.4 Å². The quantitative estimate of drug-likeness (QED) is 0.313. The van der Waals surface area contributed by atoms with Gasteiger partial charge in [-0.25, -0.2) is 0 Å². The minimum absolute atomic E-state index is 0.0324. The fourth-order valence-corrected chi connectivity index (χ4v) is 2.91. The Morgan fingerprint density at radius 3 is 2.53 bits per heavy atom. The van der Waals surface area contributed by atoms with Gasteiger partial charge in [0.25, 0.3) is 5.91 Å². The molecule has 0 aliphatic heterocycles. The molecule has 1 aromatic carbocycles. The summed E-state index contributed by atoms with van der Waals surface area (Å²) in [4.78, 5) is 60.1. The number of unbranched alkanes of at least 4 members (excludes halogenated alkanes) is 1. The van der Waals surface area contributed by atoms with Crippen molar-refractivity contribution < 1.29 is 24.0 Å². The fraction of sp³-hybridized carbons (Fsp3) is 0.476. The third-order valence-corrected chi connectivity index (χ3v) is 4.82. The van der Waals surface area contributed by atoms with Crippen molar-refractivity contribution in [3.8, 4) is 0 Å². The van der Waals surface area contributed by atoms with E-state index in [4.69, 9.17) is 5.73 Å². The van der Waals surface area contributed by atoms with Crippen LogP contribution in [0.5, 0.6) is 0 Å². The Bertz CT molecular complexity index is 766. The van der Waals surface area contributed by atoms with E-state index in [1.165, 1.54) is 11.0 Å². The van der Waals surface area contributed by atoms with Crippen molar-refractivity contribution in [1.82, 2.24) is 15.5 Å². The van der Waals surface area contributed by atoms with Gasteiger partial charge in [0.15, 0.2) is 6.29 Å². The van der Waals surface area contributed by atoms with E-state index in [0.717, 1.165) is 12.8 Å². The number of imide groups is 1. The Morgan fingerprint density at radius 2 is 1.90 bits per heavy atom. The van der Waals surface area contributed by atoms with Gasteiger partial charge in [-0.05, 0) is 38.3 Å². The third-order valence-electron chi connectivity index (χ3n) is 4.82. The smallest absolute Gasteiger partial charge is 0.254 e. The monoisotopic (exact) mass is 418 g/mol. The van der Waals surface area contributed by atoms with Gasteiger partial charge in [0.05, 0.1) is 12.0 Å². The second-order valence-electron chi connectivity index (χ2n) is 7.01. The number of nitrogens with two attached hydrogens (primary N) is 1. The minimum atomic E-state index is -0.432. The summed E-state index contributed by atoms with van der Waals surface area (Å²) < 4.78 is 0. The van der Waals surface area contributed by atoms with Crippen LogP contribution in [0, 0.1) is 0 Å². The first-order valence-electron chi connectivity index (χ1n) is 9.89. The molecule has 0 saturated heterocycles. The van der Waals surface area contributed by atoms with Crippen LogP contribution in [0.15, 0.2) is 18.2 Å². The number of benzene rings is 1. The Labute approximate surface area is 176 Å². The van der Waals surface area contributed by atoms with Crippen LogP contribution in [0.3, 0.4) is 0 Å². The summed E-state index contributed by atoms with van der Waals surface area (Å²) in [7, 11) is 1.57. The predicted molar refractivity (Wildman–Crippen MR) is 112 cm³/mol. The van der Waals surface area contributed by atoms with Crippen LogP contribution >= 0.6 is 0 Å². The highest BCUT2D eigenvalue weighted by Gasteiger charge is 2.24. The molecule has 1 atom stereocenters. The summed E-state index contributed by atoms with van der Waals surface area (Å²) in [6.45, 7) is 2.81. The number of rotatable bonds is 13. The number of nitrogens with zero attached hydrogens (tertiary/aromatic N) is 1. The molecular formula is C21H30N4O5. The molecular weight excluding hydrogens is 388 g/mol. The van der Waals surface area contributed by atoms with E-state index in [9.17, 15) is 24.0 Å². The van der Waals surface area contributed by atoms with Gasteiger partial charge in [0.2, 0.25) is 18.2 Å². The van der Waals surface area contributed by atoms with Gasteiger partial charge in [0.1, 0.15) is 0 Å². The summed E-state index contributed by atoms with van der Waals surface area (Å²) in [5.41, 5.74) is 6.27. The number of aldehydes is 1. The lowest BCUT2D eigenvalue weighted by Crippen LogP contribution is -2.37. The van der Waals surface area contributed by atoms with E-state index >= 15 is 0 Å². The van der Waals surface area contributed by atoms with Crippen LogP contribution in [0.4, 0.5) is 0 Å². The van der Waals surface area contributed by atoms with Gasteiger partial charge >= 0.3 is 0 Å². The lowest BCUT2D eigenvalue weighted by molar-refractivity contribution is -0.125. The number of carbonyl (C=O) groups excluding carboxylic acids is 5. The lowest BCUT2D eigenvalue weighted by Gasteiger charge is -2.26. The summed E-state index contributed by atoms with van der Waals surface area (Å²) in [6.07, 6.45) is 2.85. The zero-order valence-corrected chi connectivity index (χ0v) is 17.5. The van der Waals surface area contributed by atoms with Crippen molar-refractivity contribution in [3.05, 3.63) is 34.9 Å². The molecule has 1 unspecified atom stereocenters. The van der Waals surface area contributed by atoms with Gasteiger partial charge in [-0.3, -0.25) is 29.3 Å². The predicted octanol–water partition coefficient (Wildman–Crippen LogP) is 0.410. The highest BCUT2D eigenvalue weighted by Crippen LogP contribution is 2.19. The molecule has 4 amide bonds. The summed E-state index contributed by atoms with van der Waals surface area (Å²) in [6, 6.07) is 4.48. The lowest BCUT2D eigenvalue weighted by atomic mass is 9.97. The highest BCUT2D eigenvalue weighted by molar-refractivity contribution is 6.03. The number of carbonyl (C=O) groups is 5. The maximum atomic E-state index is 13.1. The van der Waals surface area contributed by atoms with Gasteiger partial charge < -0.3 is 16.0 Å². The van der Waals surface area contributed by atoms with E-state index in [-0.39, 0.29) is 35.9 Å². The summed E-state index contributed by atoms with van der Waals surface area (Å²) >= 11 is 0. The molecule has 9 heteroatoms. The molecule has 1 aromatic rings. The van der Waals surface area contributed by atoms with E-state index in [1.54, 1.807) is 26.1 Å². The van der Waals surface area contributed by atoms with E-state index in [2.05, 4.69) is 10.6 Å². The molecule has 0 heterocycles. The molecule has 0 aromatic heterocycles. The second-order valence-corrected chi connectivity index (χ2v) is 7.01. The molecule has 0 saturated carbocycles. The van der Waals surface area contributed by atoms with Crippen LogP contribution in [-0.4, -0.2) is 61.5 Å². The molecule has 30 heavy (non-hydrogen) atoms. The van der Waals surface area contributed by atoms with Crippen LogP contribution in [-0.2, 0) is 20.8 Å². The van der Waals surface area contributed by atoms with E-state index < -0.39 is 11.8 Å². The zero-order chi connectivity index (χ0) is 22.5. The SMILES string of the molecule is CC(CCC(=O)NC=O)N(C)C(=O)c1c(C=O)cccc1CC(=O)NCCCCN. The maximum absolute atomic E-state index is 13.1. The first kappa shape index (κ1) is 25.0. The zero-order valence-electron chi connectivity index (χ0n) is 17.5.